The van der Waals surface area contributed by atoms with Gasteiger partial charge in [-0.2, -0.15) is 0 Å². The predicted molar refractivity (Wildman–Crippen MR) is 124 cm³/mol. The molecule has 0 spiro atoms. The van der Waals surface area contributed by atoms with Crippen LogP contribution in [0.2, 0.25) is 5.32 Å². The number of hydrogen-bond donors (Lipinski definition) is 0. The number of nitrogens with zero attached hydrogens (tertiary/aromatic N) is 1. The van der Waals surface area contributed by atoms with Crippen molar-refractivity contribution >= 4 is 19.4 Å². The third kappa shape index (κ3) is 5.58. The molecule has 0 fully saturated rings. The third-order valence-electron chi connectivity index (χ3n) is 5.72. The van der Waals surface area contributed by atoms with Gasteiger partial charge in [-0.25, -0.2) is 0 Å². The van der Waals surface area contributed by atoms with E-state index in [2.05, 4.69) is 111 Å². The van der Waals surface area contributed by atoms with E-state index in [4.69, 9.17) is 4.74 Å². The molecule has 0 amide bonds. The molecule has 29 heavy (non-hydrogen) atoms. The van der Waals surface area contributed by atoms with Gasteiger partial charge in [0.25, 0.3) is 0 Å². The number of hydrogen-bond acceptors (Lipinski definition) is 2. The molecule has 3 rings (SSSR count). The van der Waals surface area contributed by atoms with Gasteiger partial charge in [-0.3, -0.25) is 0 Å². The van der Waals surface area contributed by atoms with E-state index in [0.717, 1.165) is 5.32 Å². The van der Waals surface area contributed by atoms with E-state index in [9.17, 15) is 0 Å². The zero-order chi connectivity index (χ0) is 20.6. The third-order valence-corrected chi connectivity index (χ3v) is 8.14. The van der Waals surface area contributed by atoms with Crippen LogP contribution in [0.4, 0.5) is 0 Å². The molecule has 0 radical (unpaired) electrons. The van der Waals surface area contributed by atoms with Gasteiger partial charge in [0.2, 0.25) is 0 Å². The normalized spacial score (nSPS) is 14.5. The Morgan fingerprint density at radius 1 is 0.759 bits per heavy atom. The molecule has 152 valence electrons. The number of ether oxygens (including phenoxy) is 1. The fraction of sp³-hybridized carbons (Fsp3) is 0.308. The molecule has 3 aromatic rings. The average Bonchev–Trinajstić information content (AvgIpc) is 2.79. The van der Waals surface area contributed by atoms with Gasteiger partial charge in [0.05, 0.1) is 0 Å². The van der Waals surface area contributed by atoms with Crippen LogP contribution in [0.3, 0.4) is 0 Å². The fourth-order valence-electron chi connectivity index (χ4n) is 3.61. The maximum absolute atomic E-state index is 5.81. The monoisotopic (exact) mass is 453 g/mol. The van der Waals surface area contributed by atoms with Crippen molar-refractivity contribution in [2.24, 2.45) is 0 Å². The SMILES string of the molecule is COC(C[Se]c1ccccc1[C@@H](C)N(C)[C@H](C)c1ccccc1)c1ccccc1. The molecule has 0 saturated heterocycles. The first kappa shape index (κ1) is 21.8. The summed E-state index contributed by atoms with van der Waals surface area (Å²) in [7, 11) is 4.05. The first-order valence-electron chi connectivity index (χ1n) is 10.2. The minimum atomic E-state index is 0.153. The summed E-state index contributed by atoms with van der Waals surface area (Å²) in [6.45, 7) is 4.61. The standard InChI is InChI=1S/C26H31NOSe/c1-20(22-13-7-5-8-14-22)27(3)21(2)24-17-11-12-18-26(24)29-19-25(28-4)23-15-9-6-10-16-23/h5-18,20-21,25H,19H2,1-4H3/t20-,21-,25?/m1/s1. The van der Waals surface area contributed by atoms with Crippen LogP contribution in [0.15, 0.2) is 84.9 Å². The van der Waals surface area contributed by atoms with Crippen molar-refractivity contribution in [2.75, 3.05) is 14.2 Å². The molecule has 0 saturated carbocycles. The van der Waals surface area contributed by atoms with Crippen molar-refractivity contribution in [2.45, 2.75) is 37.4 Å². The van der Waals surface area contributed by atoms with Crippen LogP contribution in [0.25, 0.3) is 0 Å². The average molecular weight is 453 g/mol. The molecule has 1 unspecified atom stereocenters. The summed E-state index contributed by atoms with van der Waals surface area (Å²) in [4.78, 5) is 2.47. The van der Waals surface area contributed by atoms with Gasteiger partial charge < -0.3 is 0 Å². The van der Waals surface area contributed by atoms with E-state index in [1.807, 2.05) is 7.11 Å². The predicted octanol–water partition coefficient (Wildman–Crippen LogP) is 5.58. The molecule has 0 aromatic heterocycles. The summed E-state index contributed by atoms with van der Waals surface area (Å²) in [5.41, 5.74) is 4.05. The summed E-state index contributed by atoms with van der Waals surface area (Å²) in [6.07, 6.45) is 0.153. The first-order chi connectivity index (χ1) is 14.1. The summed E-state index contributed by atoms with van der Waals surface area (Å²) < 4.78 is 7.28. The van der Waals surface area contributed by atoms with Gasteiger partial charge >= 0.3 is 182 Å². The number of methoxy groups -OCH3 is 1. The van der Waals surface area contributed by atoms with Crippen LogP contribution in [0, 0.1) is 0 Å². The zero-order valence-corrected chi connectivity index (χ0v) is 19.5. The van der Waals surface area contributed by atoms with Crippen molar-refractivity contribution in [3.8, 4) is 0 Å². The second-order valence-electron chi connectivity index (χ2n) is 7.41. The van der Waals surface area contributed by atoms with Gasteiger partial charge in [0.1, 0.15) is 0 Å². The van der Waals surface area contributed by atoms with Gasteiger partial charge in [-0.15, -0.1) is 0 Å². The Balaban J connectivity index is 1.74. The molecule has 0 bridgehead atoms. The minimum absolute atomic E-state index is 0.153. The second kappa shape index (κ2) is 10.8. The van der Waals surface area contributed by atoms with Crippen LogP contribution in [0.5, 0.6) is 0 Å². The summed E-state index contributed by atoms with van der Waals surface area (Å²) in [5, 5.41) is 1.04. The number of benzene rings is 3. The first-order valence-corrected chi connectivity index (χ1v) is 12.2. The Labute approximate surface area is 182 Å². The number of rotatable bonds is 9. The zero-order valence-electron chi connectivity index (χ0n) is 17.8. The molecular formula is C26H31NOSe. The van der Waals surface area contributed by atoms with Crippen LogP contribution in [-0.2, 0) is 4.74 Å². The topological polar surface area (TPSA) is 12.5 Å². The molecule has 0 N–H and O–H groups in total. The van der Waals surface area contributed by atoms with Gasteiger partial charge in [-0.05, 0) is 0 Å². The van der Waals surface area contributed by atoms with Crippen molar-refractivity contribution in [1.29, 1.82) is 0 Å². The Kier molecular flexibility index (Phi) is 8.08. The van der Waals surface area contributed by atoms with E-state index in [-0.39, 0.29) is 6.10 Å². The Morgan fingerprint density at radius 3 is 1.93 bits per heavy atom. The van der Waals surface area contributed by atoms with Crippen molar-refractivity contribution in [3.05, 3.63) is 102 Å². The van der Waals surface area contributed by atoms with Gasteiger partial charge in [0.15, 0.2) is 0 Å². The molecular weight excluding hydrogens is 421 g/mol. The molecule has 0 heterocycles. The summed E-state index contributed by atoms with van der Waals surface area (Å²) >= 11 is 0.345. The molecule has 0 aliphatic carbocycles. The van der Waals surface area contributed by atoms with Crippen LogP contribution >= 0.6 is 0 Å². The van der Waals surface area contributed by atoms with Gasteiger partial charge in [0, 0.05) is 0 Å². The Morgan fingerprint density at radius 2 is 1.31 bits per heavy atom. The van der Waals surface area contributed by atoms with Crippen LogP contribution in [-0.4, -0.2) is 34.0 Å². The van der Waals surface area contributed by atoms with E-state index in [0.29, 0.717) is 27.0 Å². The van der Waals surface area contributed by atoms with Crippen LogP contribution < -0.4 is 4.46 Å². The molecule has 0 aliphatic rings. The molecule has 2 nitrogen and oxygen atoms in total. The van der Waals surface area contributed by atoms with Crippen molar-refractivity contribution in [1.82, 2.24) is 4.90 Å². The summed E-state index contributed by atoms with van der Waals surface area (Å²) in [6, 6.07) is 30.9. The molecule has 3 aromatic carbocycles. The molecule has 3 atom stereocenters. The van der Waals surface area contributed by atoms with Gasteiger partial charge in [-0.1, -0.05) is 0 Å². The van der Waals surface area contributed by atoms with E-state index < -0.39 is 0 Å². The quantitative estimate of drug-likeness (QED) is 0.393. The van der Waals surface area contributed by atoms with Crippen molar-refractivity contribution in [3.63, 3.8) is 0 Å². The second-order valence-corrected chi connectivity index (χ2v) is 9.64. The Bertz CT molecular complexity index is 868. The molecule has 3 heteroatoms. The fourth-order valence-corrected chi connectivity index (χ4v) is 6.21. The maximum atomic E-state index is 5.81. The van der Waals surface area contributed by atoms with Crippen LogP contribution in [0.1, 0.15) is 48.7 Å². The molecule has 0 aliphatic heterocycles. The Hall–Kier alpha value is -1.90. The van der Waals surface area contributed by atoms with E-state index in [1.54, 1.807) is 0 Å². The summed E-state index contributed by atoms with van der Waals surface area (Å²) in [5.74, 6) is 0. The van der Waals surface area contributed by atoms with Crippen molar-refractivity contribution < 1.29 is 4.74 Å². The van der Waals surface area contributed by atoms with E-state index in [1.165, 1.54) is 21.2 Å². The van der Waals surface area contributed by atoms with E-state index >= 15 is 0 Å².